The highest BCUT2D eigenvalue weighted by atomic mass is 32.2. The van der Waals surface area contributed by atoms with Gasteiger partial charge in [-0.1, -0.05) is 59.7 Å². The second-order valence-electron chi connectivity index (χ2n) is 5.10. The molecule has 2 rings (SSSR count). The van der Waals surface area contributed by atoms with Gasteiger partial charge in [0.05, 0.1) is 0 Å². The third-order valence-electron chi connectivity index (χ3n) is 3.35. The van der Waals surface area contributed by atoms with Crippen molar-refractivity contribution in [1.29, 1.82) is 0 Å². The first-order valence-corrected chi connectivity index (χ1v) is 7.95. The summed E-state index contributed by atoms with van der Waals surface area (Å²) in [6.07, 6.45) is 0.266. The fourth-order valence-electron chi connectivity index (χ4n) is 2.11. The molecule has 106 valence electrons. The molecule has 0 aliphatic heterocycles. The van der Waals surface area contributed by atoms with Gasteiger partial charge in [0.2, 0.25) is 0 Å². The number of aryl methyl sites for hydroxylation is 2. The van der Waals surface area contributed by atoms with Crippen molar-refractivity contribution in [2.45, 2.75) is 25.5 Å². The normalized spacial score (nSPS) is 13.2. The Morgan fingerprint density at radius 2 is 1.35 bits per heavy atom. The largest absolute Gasteiger partial charge is 0.285 e. The lowest BCUT2D eigenvalue weighted by Gasteiger charge is -2.15. The van der Waals surface area contributed by atoms with Crippen LogP contribution in [0.3, 0.4) is 0 Å². The summed E-state index contributed by atoms with van der Waals surface area (Å²) in [7, 11) is -4.14. The molecule has 0 aromatic heterocycles. The van der Waals surface area contributed by atoms with Crippen LogP contribution in [0.5, 0.6) is 0 Å². The monoisotopic (exact) mass is 290 g/mol. The van der Waals surface area contributed by atoms with Crippen molar-refractivity contribution in [2.24, 2.45) is 0 Å². The van der Waals surface area contributed by atoms with Gasteiger partial charge in [-0.2, -0.15) is 8.42 Å². The van der Waals surface area contributed by atoms with Crippen molar-refractivity contribution < 1.29 is 13.0 Å². The highest BCUT2D eigenvalue weighted by molar-refractivity contribution is 7.86. The van der Waals surface area contributed by atoms with Crippen LogP contribution in [0.25, 0.3) is 0 Å². The first kappa shape index (κ1) is 14.8. The summed E-state index contributed by atoms with van der Waals surface area (Å²) in [6.45, 7) is 3.91. The van der Waals surface area contributed by atoms with Crippen LogP contribution in [0.15, 0.2) is 48.5 Å². The maximum absolute atomic E-state index is 11.6. The predicted octanol–water partition coefficient (Wildman–Crippen LogP) is 3.48. The van der Waals surface area contributed by atoms with Gasteiger partial charge in [0.25, 0.3) is 10.1 Å². The SMILES string of the molecule is Cc1ccc(CC(c2ccc(C)cc2)S(=O)(=O)O)cc1. The predicted molar refractivity (Wildman–Crippen MR) is 80.4 cm³/mol. The van der Waals surface area contributed by atoms with Gasteiger partial charge in [0, 0.05) is 0 Å². The molecule has 1 N–H and O–H groups in total. The average Bonchev–Trinajstić information content (AvgIpc) is 2.38. The van der Waals surface area contributed by atoms with Crippen molar-refractivity contribution in [3.05, 3.63) is 70.8 Å². The van der Waals surface area contributed by atoms with E-state index in [1.165, 1.54) is 0 Å². The fourth-order valence-corrected chi connectivity index (χ4v) is 3.02. The van der Waals surface area contributed by atoms with Crippen molar-refractivity contribution in [1.82, 2.24) is 0 Å². The van der Waals surface area contributed by atoms with Gasteiger partial charge >= 0.3 is 0 Å². The Labute approximate surface area is 120 Å². The number of hydrogen-bond acceptors (Lipinski definition) is 2. The van der Waals surface area contributed by atoms with Crippen LogP contribution in [0.4, 0.5) is 0 Å². The second-order valence-corrected chi connectivity index (χ2v) is 6.70. The Morgan fingerprint density at radius 1 is 0.900 bits per heavy atom. The zero-order chi connectivity index (χ0) is 14.8. The van der Waals surface area contributed by atoms with Gasteiger partial charge in [-0.25, -0.2) is 0 Å². The molecule has 0 aliphatic rings. The third-order valence-corrected chi connectivity index (χ3v) is 4.51. The van der Waals surface area contributed by atoms with Crippen LogP contribution in [-0.4, -0.2) is 13.0 Å². The summed E-state index contributed by atoms with van der Waals surface area (Å²) in [4.78, 5) is 0. The van der Waals surface area contributed by atoms with E-state index < -0.39 is 15.4 Å². The van der Waals surface area contributed by atoms with Crippen LogP contribution in [0.2, 0.25) is 0 Å². The third kappa shape index (κ3) is 3.68. The number of rotatable bonds is 4. The van der Waals surface area contributed by atoms with Crippen LogP contribution < -0.4 is 0 Å². The van der Waals surface area contributed by atoms with E-state index >= 15 is 0 Å². The molecule has 20 heavy (non-hydrogen) atoms. The Bertz CT molecular complexity index is 671. The van der Waals surface area contributed by atoms with Gasteiger partial charge in [-0.3, -0.25) is 4.55 Å². The lowest BCUT2D eigenvalue weighted by molar-refractivity contribution is 0.467. The lowest BCUT2D eigenvalue weighted by Crippen LogP contribution is -2.15. The van der Waals surface area contributed by atoms with Gasteiger partial charge in [0.15, 0.2) is 0 Å². The van der Waals surface area contributed by atoms with E-state index in [-0.39, 0.29) is 6.42 Å². The Balaban J connectivity index is 2.34. The summed E-state index contributed by atoms with van der Waals surface area (Å²) in [5, 5.41) is -0.925. The standard InChI is InChI=1S/C16H18O3S/c1-12-3-7-14(8-4-12)11-16(20(17,18)19)15-9-5-13(2)6-10-15/h3-10,16H,11H2,1-2H3,(H,17,18,19). The summed E-state index contributed by atoms with van der Waals surface area (Å²) in [5.41, 5.74) is 3.67. The molecule has 4 heteroatoms. The summed E-state index contributed by atoms with van der Waals surface area (Å²) in [6, 6.07) is 14.9. The smallest absolute Gasteiger partial charge is 0.272 e. The Morgan fingerprint density at radius 3 is 1.80 bits per heavy atom. The van der Waals surface area contributed by atoms with Gasteiger partial charge in [0.1, 0.15) is 5.25 Å². The fraction of sp³-hybridized carbons (Fsp3) is 0.250. The summed E-state index contributed by atoms with van der Waals surface area (Å²) in [5.74, 6) is 0. The molecule has 0 fully saturated rings. The maximum Gasteiger partial charge on any atom is 0.272 e. The van der Waals surface area contributed by atoms with Crippen LogP contribution in [-0.2, 0) is 16.5 Å². The molecule has 0 saturated carbocycles. The van der Waals surface area contributed by atoms with Gasteiger partial charge in [-0.05, 0) is 31.4 Å². The molecule has 0 radical (unpaired) electrons. The molecule has 0 bridgehead atoms. The topological polar surface area (TPSA) is 54.4 Å². The molecule has 0 amide bonds. The molecule has 1 unspecified atom stereocenters. The van der Waals surface area contributed by atoms with Crippen LogP contribution in [0, 0.1) is 13.8 Å². The van der Waals surface area contributed by atoms with Crippen molar-refractivity contribution in [3.8, 4) is 0 Å². The van der Waals surface area contributed by atoms with E-state index in [0.717, 1.165) is 16.7 Å². The quantitative estimate of drug-likeness (QED) is 0.877. The van der Waals surface area contributed by atoms with E-state index in [2.05, 4.69) is 0 Å². The van der Waals surface area contributed by atoms with E-state index in [9.17, 15) is 13.0 Å². The van der Waals surface area contributed by atoms with Crippen LogP contribution >= 0.6 is 0 Å². The number of hydrogen-bond donors (Lipinski definition) is 1. The van der Waals surface area contributed by atoms with E-state index in [1.807, 2.05) is 50.2 Å². The molecule has 3 nitrogen and oxygen atoms in total. The molecule has 0 heterocycles. The van der Waals surface area contributed by atoms with Crippen LogP contribution in [0.1, 0.15) is 27.5 Å². The first-order valence-electron chi connectivity index (χ1n) is 6.44. The van der Waals surface area contributed by atoms with E-state index in [0.29, 0.717) is 5.56 Å². The molecule has 0 saturated heterocycles. The number of benzene rings is 2. The molecule has 1 atom stereocenters. The van der Waals surface area contributed by atoms with Crippen molar-refractivity contribution >= 4 is 10.1 Å². The second kappa shape index (κ2) is 5.77. The molecule has 0 aliphatic carbocycles. The van der Waals surface area contributed by atoms with E-state index in [4.69, 9.17) is 0 Å². The average molecular weight is 290 g/mol. The zero-order valence-electron chi connectivity index (χ0n) is 11.6. The summed E-state index contributed by atoms with van der Waals surface area (Å²) < 4.78 is 32.8. The summed E-state index contributed by atoms with van der Waals surface area (Å²) >= 11 is 0. The zero-order valence-corrected chi connectivity index (χ0v) is 12.4. The highest BCUT2D eigenvalue weighted by Crippen LogP contribution is 2.26. The van der Waals surface area contributed by atoms with Gasteiger partial charge < -0.3 is 0 Å². The minimum atomic E-state index is -4.14. The molecule has 0 spiro atoms. The Kier molecular flexibility index (Phi) is 4.26. The minimum absolute atomic E-state index is 0.266. The van der Waals surface area contributed by atoms with E-state index in [1.54, 1.807) is 12.1 Å². The maximum atomic E-state index is 11.6. The molecular weight excluding hydrogens is 272 g/mol. The molecule has 2 aromatic carbocycles. The Hall–Kier alpha value is -1.65. The highest BCUT2D eigenvalue weighted by Gasteiger charge is 2.25. The molecular formula is C16H18O3S. The first-order chi connectivity index (χ1) is 9.36. The van der Waals surface area contributed by atoms with Gasteiger partial charge in [-0.15, -0.1) is 0 Å². The van der Waals surface area contributed by atoms with Crippen molar-refractivity contribution in [3.63, 3.8) is 0 Å². The molecule has 2 aromatic rings. The lowest BCUT2D eigenvalue weighted by atomic mass is 10.0. The minimum Gasteiger partial charge on any atom is -0.285 e. The van der Waals surface area contributed by atoms with Crippen molar-refractivity contribution in [2.75, 3.05) is 0 Å².